The molecular weight excluding hydrogens is 222 g/mol. The first kappa shape index (κ1) is 11.6. The highest BCUT2D eigenvalue weighted by Crippen LogP contribution is 2.41. The third kappa shape index (κ3) is 2.15. The van der Waals surface area contributed by atoms with Gasteiger partial charge in [0.05, 0.1) is 6.33 Å². The molecule has 1 aliphatic carbocycles. The molecular formula is C11H15N3O3. The number of aromatic nitrogens is 2. The number of carboxylic acids is 1. The average molecular weight is 237 g/mol. The van der Waals surface area contributed by atoms with Crippen molar-refractivity contribution in [3.05, 3.63) is 18.2 Å². The SMILES string of the molecule is O=C(O)C1(C(=O)NCCc2cnc[nH]2)CCC1. The molecule has 1 amide bonds. The third-order valence-electron chi connectivity index (χ3n) is 3.29. The van der Waals surface area contributed by atoms with E-state index in [1.165, 1.54) is 0 Å². The first-order valence-corrected chi connectivity index (χ1v) is 5.64. The van der Waals surface area contributed by atoms with E-state index in [2.05, 4.69) is 15.3 Å². The van der Waals surface area contributed by atoms with Crippen LogP contribution < -0.4 is 5.32 Å². The van der Waals surface area contributed by atoms with Gasteiger partial charge in [-0.2, -0.15) is 0 Å². The van der Waals surface area contributed by atoms with Crippen molar-refractivity contribution >= 4 is 11.9 Å². The van der Waals surface area contributed by atoms with Crippen LogP contribution in [0.3, 0.4) is 0 Å². The zero-order valence-corrected chi connectivity index (χ0v) is 9.40. The molecule has 0 aromatic carbocycles. The number of nitrogens with one attached hydrogen (secondary N) is 2. The maximum atomic E-state index is 11.8. The summed E-state index contributed by atoms with van der Waals surface area (Å²) >= 11 is 0. The Bertz CT molecular complexity index is 410. The third-order valence-corrected chi connectivity index (χ3v) is 3.29. The fraction of sp³-hybridized carbons (Fsp3) is 0.545. The largest absolute Gasteiger partial charge is 0.480 e. The van der Waals surface area contributed by atoms with Crippen molar-refractivity contribution in [3.63, 3.8) is 0 Å². The van der Waals surface area contributed by atoms with Gasteiger partial charge >= 0.3 is 5.97 Å². The Morgan fingerprint density at radius 1 is 1.53 bits per heavy atom. The van der Waals surface area contributed by atoms with E-state index in [9.17, 15) is 9.59 Å². The lowest BCUT2D eigenvalue weighted by Crippen LogP contribution is -2.51. The number of hydrogen-bond donors (Lipinski definition) is 3. The number of aromatic amines is 1. The van der Waals surface area contributed by atoms with Crippen LogP contribution in [0.2, 0.25) is 0 Å². The second-order valence-corrected chi connectivity index (χ2v) is 4.32. The van der Waals surface area contributed by atoms with Gasteiger partial charge in [0.2, 0.25) is 5.91 Å². The summed E-state index contributed by atoms with van der Waals surface area (Å²) in [6.07, 6.45) is 5.57. The molecule has 1 aromatic heterocycles. The monoisotopic (exact) mass is 237 g/mol. The first-order chi connectivity index (χ1) is 8.15. The number of rotatable bonds is 5. The van der Waals surface area contributed by atoms with Gasteiger partial charge in [0.15, 0.2) is 0 Å². The summed E-state index contributed by atoms with van der Waals surface area (Å²) in [6.45, 7) is 0.427. The van der Waals surface area contributed by atoms with Crippen LogP contribution in [0, 0.1) is 5.41 Å². The summed E-state index contributed by atoms with van der Waals surface area (Å²) in [5.74, 6) is -1.38. The normalized spacial score (nSPS) is 17.2. The molecule has 2 rings (SSSR count). The molecule has 6 nitrogen and oxygen atoms in total. The molecule has 0 radical (unpaired) electrons. The predicted molar refractivity (Wildman–Crippen MR) is 59.2 cm³/mol. The minimum atomic E-state index is -1.17. The van der Waals surface area contributed by atoms with E-state index in [4.69, 9.17) is 5.11 Å². The molecule has 1 saturated carbocycles. The highest BCUT2D eigenvalue weighted by molar-refractivity contribution is 6.02. The van der Waals surface area contributed by atoms with Gasteiger partial charge in [-0.3, -0.25) is 9.59 Å². The molecule has 0 aliphatic heterocycles. The van der Waals surface area contributed by atoms with E-state index in [0.29, 0.717) is 25.8 Å². The molecule has 1 aromatic rings. The molecule has 0 bridgehead atoms. The van der Waals surface area contributed by atoms with Gasteiger partial charge in [-0.05, 0) is 12.8 Å². The van der Waals surface area contributed by atoms with Gasteiger partial charge in [-0.25, -0.2) is 4.98 Å². The smallest absolute Gasteiger partial charge is 0.319 e. The Labute approximate surface area is 98.4 Å². The second kappa shape index (κ2) is 4.57. The van der Waals surface area contributed by atoms with Crippen LogP contribution in [-0.4, -0.2) is 33.5 Å². The van der Waals surface area contributed by atoms with Gasteiger partial charge in [-0.1, -0.05) is 6.42 Å². The summed E-state index contributed by atoms with van der Waals surface area (Å²) in [5, 5.41) is 11.7. The highest BCUT2D eigenvalue weighted by atomic mass is 16.4. The van der Waals surface area contributed by atoms with E-state index >= 15 is 0 Å². The number of hydrogen-bond acceptors (Lipinski definition) is 3. The fourth-order valence-corrected chi connectivity index (χ4v) is 1.97. The van der Waals surface area contributed by atoms with Gasteiger partial charge in [0.1, 0.15) is 5.41 Å². The molecule has 1 heterocycles. The molecule has 1 aliphatic rings. The van der Waals surface area contributed by atoms with Gasteiger partial charge < -0.3 is 15.4 Å². The number of carbonyl (C=O) groups is 2. The summed E-state index contributed by atoms with van der Waals surface area (Å²) in [6, 6.07) is 0. The number of aliphatic carboxylic acids is 1. The predicted octanol–water partition coefficient (Wildman–Crippen LogP) is 0.323. The van der Waals surface area contributed by atoms with Crippen molar-refractivity contribution in [2.24, 2.45) is 5.41 Å². The van der Waals surface area contributed by atoms with E-state index in [1.54, 1.807) is 12.5 Å². The van der Waals surface area contributed by atoms with Crippen LogP contribution in [-0.2, 0) is 16.0 Å². The number of carbonyl (C=O) groups excluding carboxylic acids is 1. The topological polar surface area (TPSA) is 95.1 Å². The summed E-state index contributed by atoms with van der Waals surface area (Å²) in [4.78, 5) is 29.6. The summed E-state index contributed by atoms with van der Waals surface area (Å²) < 4.78 is 0. The van der Waals surface area contributed by atoms with Crippen molar-refractivity contribution < 1.29 is 14.7 Å². The Morgan fingerprint density at radius 2 is 2.29 bits per heavy atom. The van der Waals surface area contributed by atoms with E-state index in [1.807, 2.05) is 0 Å². The molecule has 6 heteroatoms. The number of H-pyrrole nitrogens is 1. The minimum absolute atomic E-state index is 0.365. The van der Waals surface area contributed by atoms with Crippen LogP contribution in [0.15, 0.2) is 12.5 Å². The van der Waals surface area contributed by atoms with E-state index in [-0.39, 0.29) is 5.91 Å². The van der Waals surface area contributed by atoms with Crippen molar-refractivity contribution in [3.8, 4) is 0 Å². The molecule has 0 atom stereocenters. The molecule has 0 saturated heterocycles. The van der Waals surface area contributed by atoms with Crippen LogP contribution in [0.4, 0.5) is 0 Å². The minimum Gasteiger partial charge on any atom is -0.480 e. The van der Waals surface area contributed by atoms with Crippen LogP contribution >= 0.6 is 0 Å². The summed E-state index contributed by atoms with van der Waals surface area (Å²) in [7, 11) is 0. The van der Waals surface area contributed by atoms with Crippen LogP contribution in [0.25, 0.3) is 0 Å². The standard InChI is InChI=1S/C11H15N3O3/c15-9(11(10(16)17)3-1-4-11)13-5-2-8-6-12-7-14-8/h6-7H,1-5H2,(H,12,14)(H,13,15)(H,16,17). The Morgan fingerprint density at radius 3 is 2.76 bits per heavy atom. The fourth-order valence-electron chi connectivity index (χ4n) is 1.97. The van der Waals surface area contributed by atoms with Crippen molar-refractivity contribution in [1.82, 2.24) is 15.3 Å². The molecule has 3 N–H and O–H groups in total. The van der Waals surface area contributed by atoms with Crippen molar-refractivity contribution in [1.29, 1.82) is 0 Å². The number of imidazole rings is 1. The lowest BCUT2D eigenvalue weighted by atomic mass is 9.68. The molecule has 1 fully saturated rings. The Balaban J connectivity index is 1.83. The van der Waals surface area contributed by atoms with E-state index < -0.39 is 11.4 Å². The highest BCUT2D eigenvalue weighted by Gasteiger charge is 2.50. The van der Waals surface area contributed by atoms with E-state index in [0.717, 1.165) is 12.1 Å². The van der Waals surface area contributed by atoms with Crippen molar-refractivity contribution in [2.45, 2.75) is 25.7 Å². The molecule has 92 valence electrons. The Hall–Kier alpha value is -1.85. The number of amides is 1. The summed E-state index contributed by atoms with van der Waals surface area (Å²) in [5.41, 5.74) is -0.253. The average Bonchev–Trinajstić information content (AvgIpc) is 2.67. The van der Waals surface area contributed by atoms with Crippen LogP contribution in [0.1, 0.15) is 25.0 Å². The zero-order chi connectivity index (χ0) is 12.3. The molecule has 17 heavy (non-hydrogen) atoms. The van der Waals surface area contributed by atoms with Gasteiger partial charge in [0.25, 0.3) is 0 Å². The number of nitrogens with zero attached hydrogens (tertiary/aromatic N) is 1. The molecule has 0 unspecified atom stereocenters. The number of carboxylic acid groups (broad SMARTS) is 1. The van der Waals surface area contributed by atoms with Crippen LogP contribution in [0.5, 0.6) is 0 Å². The maximum absolute atomic E-state index is 11.8. The zero-order valence-electron chi connectivity index (χ0n) is 9.40. The van der Waals surface area contributed by atoms with Gasteiger partial charge in [0, 0.05) is 24.9 Å². The lowest BCUT2D eigenvalue weighted by Gasteiger charge is -2.35. The maximum Gasteiger partial charge on any atom is 0.319 e. The lowest BCUT2D eigenvalue weighted by molar-refractivity contribution is -0.162. The Kier molecular flexibility index (Phi) is 3.12. The quantitative estimate of drug-likeness (QED) is 0.643. The van der Waals surface area contributed by atoms with Gasteiger partial charge in [-0.15, -0.1) is 0 Å². The molecule has 0 spiro atoms. The first-order valence-electron chi connectivity index (χ1n) is 5.64. The van der Waals surface area contributed by atoms with Crippen molar-refractivity contribution in [2.75, 3.05) is 6.54 Å². The second-order valence-electron chi connectivity index (χ2n) is 4.32.